The van der Waals surface area contributed by atoms with Crippen molar-refractivity contribution >= 4 is 37.3 Å². The second-order valence-corrected chi connectivity index (χ2v) is 11.5. The Morgan fingerprint density at radius 3 is 0.867 bits per heavy atom. The Hall–Kier alpha value is -3.38. The van der Waals surface area contributed by atoms with Crippen molar-refractivity contribution in [3.05, 3.63) is 0 Å². The number of ether oxygens (including phenoxy) is 3. The number of carbonyl (C=O) groups is 6. The predicted octanol–water partition coefficient (Wildman–Crippen LogP) is -4.39. The topological polar surface area (TPSA) is 240 Å². The van der Waals surface area contributed by atoms with E-state index in [1.165, 1.54) is 0 Å². The Balaban J connectivity index is -0.0000000774. The van der Waals surface area contributed by atoms with Gasteiger partial charge in [0.2, 0.25) is 0 Å². The second-order valence-electron chi connectivity index (χ2n) is 11.5. The van der Waals surface area contributed by atoms with Crippen LogP contribution >= 0.6 is 0 Å². The van der Waals surface area contributed by atoms with Crippen LogP contribution in [0.3, 0.4) is 0 Å². The molecule has 0 aliphatic heterocycles. The smallest absolute Gasteiger partial charge is 0.293 e. The van der Waals surface area contributed by atoms with Crippen molar-refractivity contribution < 1.29 is 82.0 Å². The summed E-state index contributed by atoms with van der Waals surface area (Å²) in [4.78, 5) is 56.3. The first kappa shape index (κ1) is 57.3. The molecule has 0 aromatic heterocycles. The van der Waals surface area contributed by atoms with Crippen molar-refractivity contribution in [1.82, 2.24) is 0 Å². The number of quaternary nitrogens is 3. The Morgan fingerprint density at radius 2 is 0.800 bits per heavy atom. The lowest BCUT2D eigenvalue weighted by Gasteiger charge is -2.22. The molecular weight excluding hydrogens is 602 g/mol. The van der Waals surface area contributed by atoms with Gasteiger partial charge < -0.3 is 67.6 Å². The van der Waals surface area contributed by atoms with Gasteiger partial charge >= 0.3 is 0 Å². The first-order valence-electron chi connectivity index (χ1n) is 13.7. The first-order valence-corrected chi connectivity index (χ1v) is 13.7. The van der Waals surface area contributed by atoms with Gasteiger partial charge in [0.1, 0.15) is 39.5 Å². The predicted molar refractivity (Wildman–Crippen MR) is 160 cm³/mol. The molecule has 0 aromatic rings. The number of aliphatic hydroxyl groups is 2. The molecule has 0 rings (SSSR count). The van der Waals surface area contributed by atoms with Crippen LogP contribution in [0.1, 0.15) is 34.1 Å². The summed E-state index contributed by atoms with van der Waals surface area (Å²) in [5.74, 6) is -3.57. The molecule has 2 N–H and O–H groups in total. The largest absolute Gasteiger partial charge is 0.550 e. The third-order valence-corrected chi connectivity index (χ3v) is 3.50. The van der Waals surface area contributed by atoms with Crippen LogP contribution < -0.4 is 15.3 Å². The minimum absolute atomic E-state index is 0.211. The fourth-order valence-corrected chi connectivity index (χ4v) is 1.29. The van der Waals surface area contributed by atoms with E-state index in [0.717, 1.165) is 46.9 Å². The van der Waals surface area contributed by atoms with Gasteiger partial charge in [0.25, 0.3) is 19.4 Å². The molecule has 0 saturated carbocycles. The molecule has 0 heterocycles. The molecule has 1 unspecified atom stereocenters. The highest BCUT2D eigenvalue weighted by Gasteiger charge is 2.06. The van der Waals surface area contributed by atoms with Crippen LogP contribution in [0.15, 0.2) is 0 Å². The fourth-order valence-electron chi connectivity index (χ4n) is 1.29. The quantitative estimate of drug-likeness (QED) is 0.0772. The number of likely N-dealkylation sites (N-methyl/N-ethyl adjacent to an activating group) is 3. The third-order valence-electron chi connectivity index (χ3n) is 3.50. The highest BCUT2D eigenvalue weighted by molar-refractivity contribution is 5.69. The number of carboxylic acids is 3. The van der Waals surface area contributed by atoms with E-state index in [-0.39, 0.29) is 13.0 Å². The monoisotopic (exact) mass is 663 g/mol. The average Bonchev–Trinajstić information content (AvgIpc) is 2.83. The van der Waals surface area contributed by atoms with Gasteiger partial charge in [-0.1, -0.05) is 6.92 Å². The van der Waals surface area contributed by atoms with E-state index in [4.69, 9.17) is 30.0 Å². The zero-order chi connectivity index (χ0) is 37.7. The number of aliphatic carboxylic acids is 3. The number of carbonyl (C=O) groups excluding carboxylic acids is 6. The Bertz CT molecular complexity index is 625. The molecule has 272 valence electrons. The van der Waals surface area contributed by atoms with Crippen molar-refractivity contribution in [3.8, 4) is 0 Å². The van der Waals surface area contributed by atoms with Crippen LogP contribution in [0.25, 0.3) is 0 Å². The van der Waals surface area contributed by atoms with E-state index in [0.29, 0.717) is 39.2 Å². The molecule has 0 amide bonds. The van der Waals surface area contributed by atoms with Crippen molar-refractivity contribution in [2.45, 2.75) is 40.2 Å². The molecule has 0 aliphatic carbocycles. The van der Waals surface area contributed by atoms with Crippen molar-refractivity contribution in [1.29, 1.82) is 0 Å². The van der Waals surface area contributed by atoms with E-state index in [2.05, 4.69) is 14.2 Å². The summed E-state index contributed by atoms with van der Waals surface area (Å²) in [6.45, 7) is 11.0. The summed E-state index contributed by atoms with van der Waals surface area (Å²) in [5, 5.41) is 43.2. The van der Waals surface area contributed by atoms with Crippen molar-refractivity contribution in [2.24, 2.45) is 0 Å². The Labute approximate surface area is 269 Å². The van der Waals surface area contributed by atoms with Crippen LogP contribution in [-0.4, -0.2) is 177 Å². The minimum Gasteiger partial charge on any atom is -0.550 e. The summed E-state index contributed by atoms with van der Waals surface area (Å²) in [6.07, 6.45) is -1.08. The molecule has 45 heavy (non-hydrogen) atoms. The number of aliphatic hydroxyl groups excluding tert-OH is 2. The third kappa shape index (κ3) is 142. The van der Waals surface area contributed by atoms with E-state index in [1.54, 1.807) is 13.8 Å². The highest BCUT2D eigenvalue weighted by Crippen LogP contribution is 1.88. The molecule has 0 bridgehead atoms. The van der Waals surface area contributed by atoms with Gasteiger partial charge in [-0.25, -0.2) is 0 Å². The second kappa shape index (κ2) is 38.6. The molecule has 0 aromatic carbocycles. The summed E-state index contributed by atoms with van der Waals surface area (Å²) in [7, 11) is 18.4. The number of carboxylic acid groups (broad SMARTS) is 3. The van der Waals surface area contributed by atoms with Gasteiger partial charge in [-0.2, -0.15) is 0 Å². The maximum Gasteiger partial charge on any atom is 0.293 e. The summed E-state index contributed by atoms with van der Waals surface area (Å²) < 4.78 is 16.0. The number of nitrogens with zero attached hydrogens (tertiary/aromatic N) is 3. The van der Waals surface area contributed by atoms with E-state index in [1.807, 2.05) is 63.4 Å². The molecule has 0 saturated heterocycles. The molecule has 17 nitrogen and oxygen atoms in total. The minimum atomic E-state index is -1.40. The average molecular weight is 664 g/mol. The van der Waals surface area contributed by atoms with Gasteiger partial charge in [-0.3, -0.25) is 14.4 Å². The standard InChI is InChI=1S/3C6H14NO2.C4H8O3.2C2H4O2.C2H6O/c3*1-7(2,3)4-5-9-6-8;1-2-3(5)4(6)7;2*1-2(3)4;1-2-3/h3*6H,4-5H2,1-3H3;3,5H,2H2,1H3,(H,6,7);2*1H3,(H,3,4);3H,2H2,1H3/q3*+1;;;;/p-3. The Morgan fingerprint density at radius 1 is 0.622 bits per heavy atom. The van der Waals surface area contributed by atoms with Crippen LogP contribution in [0, 0.1) is 0 Å². The van der Waals surface area contributed by atoms with Gasteiger partial charge in [0.05, 0.1) is 75.5 Å². The van der Waals surface area contributed by atoms with Gasteiger partial charge in [0, 0.05) is 18.5 Å². The lowest BCUT2D eigenvalue weighted by Crippen LogP contribution is -2.37. The van der Waals surface area contributed by atoms with Gasteiger partial charge in [-0.15, -0.1) is 0 Å². The summed E-state index contributed by atoms with van der Waals surface area (Å²) in [5.41, 5.74) is 0. The maximum atomic E-state index is 9.66. The molecule has 1 atom stereocenters. The van der Waals surface area contributed by atoms with Gasteiger partial charge in [-0.05, 0) is 27.2 Å². The molecule has 0 fully saturated rings. The molecule has 0 aliphatic rings. The fraction of sp³-hybridized carbons (Fsp3) is 0.786. The van der Waals surface area contributed by atoms with Crippen molar-refractivity contribution in [2.75, 3.05) is 109 Å². The van der Waals surface area contributed by atoms with Crippen LogP contribution in [0.4, 0.5) is 0 Å². The first-order chi connectivity index (χ1) is 20.2. The number of rotatable bonds is 14. The summed E-state index contributed by atoms with van der Waals surface area (Å²) >= 11 is 0. The Kier molecular flexibility index (Phi) is 49.2. The molecular formula is C28H61N3O14. The molecule has 0 radical (unpaired) electrons. The SMILES string of the molecule is CC(=O)[O-].CC(=O)[O-].CCC(O)C(=O)[O-].CCO.C[N+](C)(C)CCOC=O.C[N+](C)(C)CCOC=O.C[N+](C)(C)CCOC=O. The van der Waals surface area contributed by atoms with Crippen molar-refractivity contribution in [3.63, 3.8) is 0 Å². The lowest BCUT2D eigenvalue weighted by molar-refractivity contribution is -0.870. The lowest BCUT2D eigenvalue weighted by atomic mass is 10.3. The zero-order valence-corrected chi connectivity index (χ0v) is 29.6. The number of hydrogen-bond donors (Lipinski definition) is 2. The van der Waals surface area contributed by atoms with Crippen LogP contribution in [-0.2, 0) is 43.0 Å². The zero-order valence-electron chi connectivity index (χ0n) is 29.6. The molecule has 17 heteroatoms. The normalized spacial score (nSPS) is 10.2. The van der Waals surface area contributed by atoms with E-state index < -0.39 is 24.0 Å². The molecule has 0 spiro atoms. The highest BCUT2D eigenvalue weighted by atomic mass is 16.5. The summed E-state index contributed by atoms with van der Waals surface area (Å²) in [6, 6.07) is 0. The van der Waals surface area contributed by atoms with Crippen LogP contribution in [0.5, 0.6) is 0 Å². The van der Waals surface area contributed by atoms with E-state index >= 15 is 0 Å². The number of hydrogen-bond acceptors (Lipinski definition) is 14. The van der Waals surface area contributed by atoms with E-state index in [9.17, 15) is 24.3 Å². The van der Waals surface area contributed by atoms with Gasteiger partial charge in [0.15, 0.2) is 0 Å². The maximum absolute atomic E-state index is 9.66. The van der Waals surface area contributed by atoms with Crippen LogP contribution in [0.2, 0.25) is 0 Å².